The van der Waals surface area contributed by atoms with Gasteiger partial charge in [-0.1, -0.05) is 42.5 Å². The van der Waals surface area contributed by atoms with Crippen molar-refractivity contribution in [3.63, 3.8) is 0 Å². The van der Waals surface area contributed by atoms with E-state index >= 15 is 0 Å². The Kier molecular flexibility index (Phi) is 5.55. The zero-order chi connectivity index (χ0) is 16.9. The van der Waals surface area contributed by atoms with Crippen molar-refractivity contribution in [3.8, 4) is 0 Å². The van der Waals surface area contributed by atoms with Crippen LogP contribution in [0.15, 0.2) is 54.6 Å². The number of hydrogen-bond acceptors (Lipinski definition) is 4. The number of ether oxygens (including phenoxy) is 1. The molecule has 0 radical (unpaired) electrons. The van der Waals surface area contributed by atoms with Crippen LogP contribution in [0.3, 0.4) is 0 Å². The summed E-state index contributed by atoms with van der Waals surface area (Å²) < 4.78 is 28.1. The van der Waals surface area contributed by atoms with Gasteiger partial charge in [0, 0.05) is 12.7 Å². The van der Waals surface area contributed by atoms with Crippen LogP contribution in [-0.4, -0.2) is 26.7 Å². The highest BCUT2D eigenvalue weighted by Crippen LogP contribution is 2.12. The second-order valence-corrected chi connectivity index (χ2v) is 7.82. The second-order valence-electron chi connectivity index (χ2n) is 5.68. The molecule has 0 unspecified atom stereocenters. The van der Waals surface area contributed by atoms with Crippen molar-refractivity contribution < 1.29 is 17.9 Å². The summed E-state index contributed by atoms with van der Waals surface area (Å²) in [4.78, 5) is 12.2. The molecule has 2 aromatic carbocycles. The van der Waals surface area contributed by atoms with E-state index in [0.29, 0.717) is 17.5 Å². The molecule has 0 saturated heterocycles. The van der Waals surface area contributed by atoms with Crippen LogP contribution in [0.2, 0.25) is 0 Å². The summed E-state index contributed by atoms with van der Waals surface area (Å²) in [5.74, 6) is -0.531. The Morgan fingerprint density at radius 1 is 1.04 bits per heavy atom. The summed E-state index contributed by atoms with van der Waals surface area (Å²) in [6.07, 6.45) is 1.54. The van der Waals surface area contributed by atoms with Crippen molar-refractivity contribution >= 4 is 15.8 Å². The van der Waals surface area contributed by atoms with Gasteiger partial charge in [-0.3, -0.25) is 0 Å². The molecule has 0 aliphatic rings. The molecular weight excluding hydrogens is 312 g/mol. The fourth-order valence-corrected chi connectivity index (χ4v) is 3.11. The molecule has 0 aromatic heterocycles. The van der Waals surface area contributed by atoms with Crippen molar-refractivity contribution in [1.82, 2.24) is 0 Å². The van der Waals surface area contributed by atoms with E-state index < -0.39 is 15.8 Å². The highest BCUT2D eigenvalue weighted by Gasteiger charge is 2.14. The largest absolute Gasteiger partial charge is 0.459 e. The van der Waals surface area contributed by atoms with Crippen molar-refractivity contribution in [2.24, 2.45) is 0 Å². The Balaban J connectivity index is 2.01. The molecule has 0 saturated carbocycles. The summed E-state index contributed by atoms with van der Waals surface area (Å²) in [6.45, 7) is 1.84. The van der Waals surface area contributed by atoms with Crippen LogP contribution < -0.4 is 0 Å². The molecule has 0 fully saturated rings. The van der Waals surface area contributed by atoms with Gasteiger partial charge in [0.05, 0.1) is 11.3 Å². The first kappa shape index (κ1) is 17.2. The lowest BCUT2D eigenvalue weighted by molar-refractivity contribution is 0.0343. The Bertz CT molecular complexity index is 767. The highest BCUT2D eigenvalue weighted by molar-refractivity contribution is 7.89. The number of esters is 1. The quantitative estimate of drug-likeness (QED) is 0.763. The molecule has 0 amide bonds. The van der Waals surface area contributed by atoms with Crippen molar-refractivity contribution in [1.29, 1.82) is 0 Å². The van der Waals surface area contributed by atoms with Gasteiger partial charge >= 0.3 is 5.97 Å². The molecule has 2 aromatic rings. The lowest BCUT2D eigenvalue weighted by Gasteiger charge is -2.13. The van der Waals surface area contributed by atoms with Gasteiger partial charge in [-0.15, -0.1) is 0 Å². The zero-order valence-corrected chi connectivity index (χ0v) is 14.0. The number of sulfone groups is 1. The highest BCUT2D eigenvalue weighted by atomic mass is 32.2. The van der Waals surface area contributed by atoms with Crippen molar-refractivity contribution in [3.05, 3.63) is 71.3 Å². The lowest BCUT2D eigenvalue weighted by Crippen LogP contribution is -2.17. The molecule has 0 N–H and O–H groups in total. The van der Waals surface area contributed by atoms with Crippen LogP contribution in [0.4, 0.5) is 0 Å². The van der Waals surface area contributed by atoms with E-state index in [0.717, 1.165) is 5.56 Å². The summed E-state index contributed by atoms with van der Waals surface area (Å²) in [6, 6.07) is 16.3. The van der Waals surface area contributed by atoms with Crippen LogP contribution >= 0.6 is 0 Å². The van der Waals surface area contributed by atoms with Crippen LogP contribution in [0, 0.1) is 0 Å². The molecule has 0 aliphatic heterocycles. The predicted molar refractivity (Wildman–Crippen MR) is 90.0 cm³/mol. The van der Waals surface area contributed by atoms with Gasteiger partial charge < -0.3 is 4.74 Å². The Labute approximate surface area is 137 Å². The minimum atomic E-state index is -3.14. The third-order valence-corrected chi connectivity index (χ3v) is 4.12. The van der Waals surface area contributed by atoms with Gasteiger partial charge in [0.1, 0.15) is 6.10 Å². The van der Waals surface area contributed by atoms with Gasteiger partial charge in [-0.2, -0.15) is 0 Å². The number of carbonyl (C=O) groups is 1. The Morgan fingerprint density at radius 2 is 1.70 bits per heavy atom. The molecule has 23 heavy (non-hydrogen) atoms. The summed E-state index contributed by atoms with van der Waals surface area (Å²) in [5, 5.41) is 0. The molecule has 122 valence electrons. The summed E-state index contributed by atoms with van der Waals surface area (Å²) >= 11 is 0. The number of rotatable bonds is 6. The van der Waals surface area contributed by atoms with Crippen molar-refractivity contribution in [2.45, 2.75) is 25.2 Å². The molecule has 0 bridgehead atoms. The van der Waals surface area contributed by atoms with Crippen LogP contribution in [-0.2, 0) is 26.7 Å². The number of benzene rings is 2. The van der Waals surface area contributed by atoms with Crippen molar-refractivity contribution in [2.75, 3.05) is 6.26 Å². The van der Waals surface area contributed by atoms with Gasteiger partial charge in [0.25, 0.3) is 0 Å². The minimum absolute atomic E-state index is 0.0896. The van der Waals surface area contributed by atoms with Crippen LogP contribution in [0.1, 0.15) is 28.4 Å². The molecule has 0 spiro atoms. The fraction of sp³-hybridized carbons (Fsp3) is 0.278. The molecule has 0 heterocycles. The predicted octanol–water partition coefficient (Wildman–Crippen LogP) is 3.02. The molecular formula is C18H20O4S. The van der Waals surface area contributed by atoms with Crippen LogP contribution in [0.5, 0.6) is 0 Å². The lowest BCUT2D eigenvalue weighted by atomic mass is 10.1. The van der Waals surface area contributed by atoms with E-state index in [9.17, 15) is 13.2 Å². The SMILES string of the molecule is C[C@H](Cc1ccccc1)OC(=O)c1cccc(CS(C)(=O)=O)c1. The Morgan fingerprint density at radius 3 is 2.35 bits per heavy atom. The smallest absolute Gasteiger partial charge is 0.338 e. The average Bonchev–Trinajstić information content (AvgIpc) is 2.46. The summed E-state index contributed by atoms with van der Waals surface area (Å²) in [5.41, 5.74) is 2.04. The van der Waals surface area contributed by atoms with E-state index in [1.54, 1.807) is 24.3 Å². The van der Waals surface area contributed by atoms with E-state index in [-0.39, 0.29) is 11.9 Å². The maximum absolute atomic E-state index is 12.2. The van der Waals surface area contributed by atoms with Crippen LogP contribution in [0.25, 0.3) is 0 Å². The normalized spacial score (nSPS) is 12.6. The van der Waals surface area contributed by atoms with E-state index in [2.05, 4.69) is 0 Å². The van der Waals surface area contributed by atoms with Gasteiger partial charge in [0.15, 0.2) is 9.84 Å². The van der Waals surface area contributed by atoms with E-state index in [1.807, 2.05) is 37.3 Å². The first-order valence-corrected chi connectivity index (χ1v) is 9.41. The number of carbonyl (C=O) groups excluding carboxylic acids is 1. The molecule has 4 nitrogen and oxygen atoms in total. The second kappa shape index (κ2) is 7.42. The molecule has 2 rings (SSSR count). The summed E-state index contributed by atoms with van der Waals surface area (Å²) in [7, 11) is -3.14. The zero-order valence-electron chi connectivity index (χ0n) is 13.2. The molecule has 1 atom stereocenters. The Hall–Kier alpha value is -2.14. The van der Waals surface area contributed by atoms with E-state index in [1.165, 1.54) is 6.26 Å². The average molecular weight is 332 g/mol. The van der Waals surface area contributed by atoms with Gasteiger partial charge in [-0.25, -0.2) is 13.2 Å². The third kappa shape index (κ3) is 5.87. The minimum Gasteiger partial charge on any atom is -0.459 e. The topological polar surface area (TPSA) is 60.4 Å². The molecule has 5 heteroatoms. The van der Waals surface area contributed by atoms with E-state index in [4.69, 9.17) is 4.74 Å². The van der Waals surface area contributed by atoms with Gasteiger partial charge in [-0.05, 0) is 30.2 Å². The standard InChI is InChI=1S/C18H20O4S/c1-14(11-15-7-4-3-5-8-15)22-18(19)17-10-6-9-16(12-17)13-23(2,20)21/h3-10,12,14H,11,13H2,1-2H3/t14-/m1/s1. The van der Waals surface area contributed by atoms with Gasteiger partial charge in [0.2, 0.25) is 0 Å². The fourth-order valence-electron chi connectivity index (χ4n) is 2.33. The third-order valence-electron chi connectivity index (χ3n) is 3.27. The maximum Gasteiger partial charge on any atom is 0.338 e. The first-order valence-electron chi connectivity index (χ1n) is 7.35. The monoisotopic (exact) mass is 332 g/mol. The number of hydrogen-bond donors (Lipinski definition) is 0. The first-order chi connectivity index (χ1) is 10.8. The maximum atomic E-state index is 12.2. The molecule has 0 aliphatic carbocycles.